The number of allylic oxidation sites excluding steroid dienone is 1. The van der Waals surface area contributed by atoms with Gasteiger partial charge in [-0.05, 0) is 0 Å². The highest BCUT2D eigenvalue weighted by Crippen LogP contribution is 1.94. The summed E-state index contributed by atoms with van der Waals surface area (Å²) in [5.74, 6) is -0.615. The molecule has 20 heavy (non-hydrogen) atoms. The molecule has 1 unspecified atom stereocenters. The highest BCUT2D eigenvalue weighted by Gasteiger charge is 2.28. The summed E-state index contributed by atoms with van der Waals surface area (Å²) in [4.78, 5) is 32.1. The Morgan fingerprint density at radius 1 is 1.30 bits per heavy atom. The van der Waals surface area contributed by atoms with Gasteiger partial charge in [-0.2, -0.15) is 10.4 Å². The maximum absolute atomic E-state index is 10.7. The molecular weight excluding hydrogens is 266 g/mol. The number of hydrazine groups is 1. The van der Waals surface area contributed by atoms with E-state index in [1.807, 2.05) is 5.32 Å². The number of hydrogen-bond acceptors (Lipinski definition) is 6. The zero-order valence-electron chi connectivity index (χ0n) is 10.9. The fraction of sp³-hybridized carbons (Fsp3) is 0.300. The topological polar surface area (TPSA) is 130 Å². The lowest BCUT2D eigenvalue weighted by Gasteiger charge is -2.26. The van der Waals surface area contributed by atoms with Crippen molar-refractivity contribution in [1.82, 2.24) is 26.1 Å². The van der Waals surface area contributed by atoms with Gasteiger partial charge in [-0.25, -0.2) is 20.0 Å². The Hall–Kier alpha value is -2.93. The third-order valence-electron chi connectivity index (χ3n) is 2.20. The number of carbonyl (C=O) groups excluding carboxylic acids is 3. The number of nitrogens with zero attached hydrogens (tertiary/aromatic N) is 4. The van der Waals surface area contributed by atoms with E-state index < -0.39 is 18.0 Å². The third-order valence-corrected chi connectivity index (χ3v) is 2.20. The summed E-state index contributed by atoms with van der Waals surface area (Å²) >= 11 is 0. The Balaban J connectivity index is 0.000000204. The Kier molecular flexibility index (Phi) is 4.76. The molecule has 5 amide bonds. The van der Waals surface area contributed by atoms with Crippen molar-refractivity contribution in [2.75, 3.05) is 14.1 Å². The maximum atomic E-state index is 10.7. The fourth-order valence-corrected chi connectivity index (χ4v) is 1.12. The molecule has 10 heteroatoms. The van der Waals surface area contributed by atoms with Crippen molar-refractivity contribution in [2.45, 2.75) is 6.04 Å². The molecule has 1 fully saturated rings. The van der Waals surface area contributed by atoms with Crippen LogP contribution in [0.2, 0.25) is 0 Å². The van der Waals surface area contributed by atoms with Gasteiger partial charge in [0, 0.05) is 14.1 Å². The molecule has 0 aromatic heterocycles. The number of hydrazone groups is 1. The lowest BCUT2D eigenvalue weighted by Crippen LogP contribution is -2.62. The molecule has 3 N–H and O–H groups in total. The molecule has 0 spiro atoms. The van der Waals surface area contributed by atoms with Gasteiger partial charge in [-0.3, -0.25) is 15.1 Å². The van der Waals surface area contributed by atoms with Crippen LogP contribution in [0.3, 0.4) is 0 Å². The van der Waals surface area contributed by atoms with Crippen molar-refractivity contribution in [1.29, 1.82) is 5.26 Å². The number of amides is 5. The minimum Gasteiger partial charge on any atom is -0.305 e. The molecule has 0 saturated carbocycles. The molecule has 10 nitrogen and oxygen atoms in total. The van der Waals surface area contributed by atoms with Crippen molar-refractivity contribution < 1.29 is 14.4 Å². The SMILES string of the molecule is C=C1C=NN(C)C(=O)N1.CN1NC(C#N)C(=O)NC1=O. The fourth-order valence-electron chi connectivity index (χ4n) is 1.12. The van der Waals surface area contributed by atoms with Gasteiger partial charge in [-0.1, -0.05) is 6.58 Å². The average molecular weight is 279 g/mol. The summed E-state index contributed by atoms with van der Waals surface area (Å²) in [6.45, 7) is 3.49. The van der Waals surface area contributed by atoms with E-state index in [2.05, 4.69) is 22.4 Å². The van der Waals surface area contributed by atoms with Gasteiger partial charge >= 0.3 is 12.1 Å². The number of urea groups is 2. The van der Waals surface area contributed by atoms with E-state index in [4.69, 9.17) is 5.26 Å². The van der Waals surface area contributed by atoms with Crippen LogP contribution >= 0.6 is 0 Å². The minimum atomic E-state index is -0.974. The summed E-state index contributed by atoms with van der Waals surface area (Å²) < 4.78 is 0. The van der Waals surface area contributed by atoms with Gasteiger partial charge < -0.3 is 5.32 Å². The molecule has 2 heterocycles. The van der Waals surface area contributed by atoms with Crippen LogP contribution in [-0.4, -0.2) is 54.3 Å². The lowest BCUT2D eigenvalue weighted by atomic mass is 10.3. The Labute approximate surface area is 114 Å². The largest absolute Gasteiger partial charge is 0.342 e. The summed E-state index contributed by atoms with van der Waals surface area (Å²) in [5, 5.41) is 18.8. The van der Waals surface area contributed by atoms with Crippen molar-refractivity contribution in [3.05, 3.63) is 12.3 Å². The highest BCUT2D eigenvalue weighted by atomic mass is 16.2. The van der Waals surface area contributed by atoms with E-state index in [0.29, 0.717) is 5.70 Å². The quantitative estimate of drug-likeness (QED) is 0.507. The molecule has 1 atom stereocenters. The first kappa shape index (κ1) is 15.1. The van der Waals surface area contributed by atoms with E-state index in [1.54, 1.807) is 13.1 Å². The monoisotopic (exact) mass is 279 g/mol. The maximum Gasteiger partial charge on any atom is 0.342 e. The van der Waals surface area contributed by atoms with Gasteiger partial charge in [0.15, 0.2) is 6.04 Å². The van der Waals surface area contributed by atoms with E-state index in [0.717, 1.165) is 5.01 Å². The third kappa shape index (κ3) is 3.79. The van der Waals surface area contributed by atoms with Crippen molar-refractivity contribution in [3.8, 4) is 6.07 Å². The number of nitrogens with one attached hydrogen (secondary N) is 3. The Bertz CT molecular complexity index is 521. The summed E-state index contributed by atoms with van der Waals surface area (Å²) in [6.07, 6.45) is 1.49. The van der Waals surface area contributed by atoms with Gasteiger partial charge in [0.25, 0.3) is 5.91 Å². The van der Waals surface area contributed by atoms with Gasteiger partial charge in [0.1, 0.15) is 0 Å². The van der Waals surface area contributed by atoms with Crippen LogP contribution in [0, 0.1) is 11.3 Å². The number of carbonyl (C=O) groups is 3. The second-order valence-electron chi connectivity index (χ2n) is 3.77. The van der Waals surface area contributed by atoms with Crippen LogP contribution in [0.1, 0.15) is 0 Å². The van der Waals surface area contributed by atoms with Crippen LogP contribution < -0.4 is 16.1 Å². The average Bonchev–Trinajstić information content (AvgIpc) is 2.39. The van der Waals surface area contributed by atoms with Gasteiger partial charge in [0.05, 0.1) is 18.0 Å². The first-order valence-corrected chi connectivity index (χ1v) is 5.37. The number of imide groups is 1. The first-order valence-electron chi connectivity index (χ1n) is 5.37. The second-order valence-corrected chi connectivity index (χ2v) is 3.77. The predicted octanol–water partition coefficient (Wildman–Crippen LogP) is -1.29. The van der Waals surface area contributed by atoms with Crippen LogP contribution in [0.4, 0.5) is 9.59 Å². The molecule has 0 radical (unpaired) electrons. The number of nitriles is 1. The van der Waals surface area contributed by atoms with E-state index in [9.17, 15) is 14.4 Å². The van der Waals surface area contributed by atoms with Gasteiger partial charge in [0.2, 0.25) is 0 Å². The standard InChI is InChI=1S/C5H6N4O2.C5H7N3O/c1-9-5(11)7-4(10)3(2-6)8-9;1-4-3-6-8(2)5(9)7-4/h3,8H,1H3,(H,7,10,11);3H,1H2,2H3,(H,7,9). The highest BCUT2D eigenvalue weighted by molar-refractivity contribution is 6.00. The molecule has 2 rings (SSSR count). The zero-order valence-corrected chi connectivity index (χ0v) is 10.9. The molecule has 2 aliphatic rings. The molecule has 0 aromatic carbocycles. The normalized spacial score (nSPS) is 21.6. The summed E-state index contributed by atoms with van der Waals surface area (Å²) in [6, 6.07) is -0.0886. The number of rotatable bonds is 0. The lowest BCUT2D eigenvalue weighted by molar-refractivity contribution is -0.123. The minimum absolute atomic E-state index is 0.248. The van der Waals surface area contributed by atoms with Crippen LogP contribution in [0.15, 0.2) is 17.4 Å². The number of hydrogen-bond donors (Lipinski definition) is 3. The van der Waals surface area contributed by atoms with E-state index in [-0.39, 0.29) is 6.03 Å². The zero-order chi connectivity index (χ0) is 15.3. The molecule has 1 saturated heterocycles. The van der Waals surface area contributed by atoms with E-state index in [1.165, 1.54) is 18.3 Å². The first-order chi connectivity index (χ1) is 9.35. The smallest absolute Gasteiger partial charge is 0.305 e. The molecule has 2 aliphatic heterocycles. The molecule has 106 valence electrons. The molecule has 0 aromatic rings. The van der Waals surface area contributed by atoms with Crippen molar-refractivity contribution >= 4 is 24.2 Å². The van der Waals surface area contributed by atoms with Crippen molar-refractivity contribution in [2.24, 2.45) is 5.10 Å². The molecular formula is C10H13N7O3. The van der Waals surface area contributed by atoms with Gasteiger partial charge in [-0.15, -0.1) is 0 Å². The van der Waals surface area contributed by atoms with E-state index >= 15 is 0 Å². The van der Waals surface area contributed by atoms with Crippen LogP contribution in [-0.2, 0) is 4.79 Å². The molecule has 0 aliphatic carbocycles. The second kappa shape index (κ2) is 6.30. The summed E-state index contributed by atoms with van der Waals surface area (Å²) in [5.41, 5.74) is 2.90. The molecule has 0 bridgehead atoms. The predicted molar refractivity (Wildman–Crippen MR) is 67.8 cm³/mol. The Morgan fingerprint density at radius 3 is 2.45 bits per heavy atom. The van der Waals surface area contributed by atoms with Crippen LogP contribution in [0.25, 0.3) is 0 Å². The Morgan fingerprint density at radius 2 is 1.95 bits per heavy atom. The van der Waals surface area contributed by atoms with Crippen LogP contribution in [0.5, 0.6) is 0 Å². The van der Waals surface area contributed by atoms with Crippen molar-refractivity contribution in [3.63, 3.8) is 0 Å². The summed E-state index contributed by atoms with van der Waals surface area (Å²) in [7, 11) is 2.99.